The van der Waals surface area contributed by atoms with E-state index >= 15 is 0 Å². The average molecular weight is 418 g/mol. The fourth-order valence-corrected chi connectivity index (χ4v) is 3.90. The largest absolute Gasteiger partial charge is 0.491 e. The van der Waals surface area contributed by atoms with Gasteiger partial charge in [-0.3, -0.25) is 9.69 Å². The molecule has 1 aromatic heterocycles. The van der Waals surface area contributed by atoms with Gasteiger partial charge in [-0.25, -0.2) is 4.39 Å². The van der Waals surface area contributed by atoms with E-state index in [1.54, 1.807) is 12.1 Å². The molecule has 0 unspecified atom stereocenters. The van der Waals surface area contributed by atoms with Gasteiger partial charge in [0.05, 0.1) is 13.1 Å². The normalized spacial score (nSPS) is 21.2. The van der Waals surface area contributed by atoms with Gasteiger partial charge in [-0.1, -0.05) is 12.1 Å². The summed E-state index contributed by atoms with van der Waals surface area (Å²) >= 11 is 0. The maximum atomic E-state index is 13.0. The molecule has 9 heteroatoms. The maximum absolute atomic E-state index is 13.0. The molecule has 0 bridgehead atoms. The third-order valence-corrected chi connectivity index (χ3v) is 5.60. The van der Waals surface area contributed by atoms with Gasteiger partial charge in [0, 0.05) is 25.6 Å². The molecule has 8 nitrogen and oxygen atoms in total. The van der Waals surface area contributed by atoms with Crippen LogP contribution in [0.2, 0.25) is 0 Å². The number of ether oxygens (including phenoxy) is 2. The van der Waals surface area contributed by atoms with E-state index in [4.69, 9.17) is 14.0 Å². The van der Waals surface area contributed by atoms with Crippen molar-refractivity contribution in [3.05, 3.63) is 41.8 Å². The van der Waals surface area contributed by atoms with Gasteiger partial charge in [0.15, 0.2) is 5.82 Å². The van der Waals surface area contributed by atoms with Crippen LogP contribution in [0.15, 0.2) is 28.8 Å². The quantitative estimate of drug-likeness (QED) is 0.681. The Hall–Kier alpha value is -2.52. The summed E-state index contributed by atoms with van der Waals surface area (Å²) in [5, 5.41) is 3.94. The average Bonchev–Trinajstić information content (AvgIpc) is 3.22. The van der Waals surface area contributed by atoms with Gasteiger partial charge in [-0.05, 0) is 37.1 Å². The summed E-state index contributed by atoms with van der Waals surface area (Å²) in [6.07, 6.45) is 2.35. The van der Waals surface area contributed by atoms with Crippen LogP contribution < -0.4 is 4.74 Å². The zero-order valence-electron chi connectivity index (χ0n) is 17.1. The van der Waals surface area contributed by atoms with Gasteiger partial charge in [-0.15, -0.1) is 0 Å². The minimum absolute atomic E-state index is 0.0240. The summed E-state index contributed by atoms with van der Waals surface area (Å²) in [5.41, 5.74) is 0. The van der Waals surface area contributed by atoms with Crippen molar-refractivity contribution in [2.75, 3.05) is 32.8 Å². The van der Waals surface area contributed by atoms with Crippen LogP contribution >= 0.6 is 0 Å². The smallest absolute Gasteiger partial charge is 0.248 e. The first-order chi connectivity index (χ1) is 14.6. The number of benzene rings is 1. The number of carbonyl (C=O) groups is 1. The van der Waals surface area contributed by atoms with Crippen molar-refractivity contribution in [3.63, 3.8) is 0 Å². The second-order valence-electron chi connectivity index (χ2n) is 7.71. The van der Waals surface area contributed by atoms with Crippen LogP contribution in [0.5, 0.6) is 5.75 Å². The Labute approximate surface area is 174 Å². The van der Waals surface area contributed by atoms with Crippen molar-refractivity contribution < 1.29 is 23.2 Å². The summed E-state index contributed by atoms with van der Waals surface area (Å²) in [7, 11) is 0. The molecule has 2 fully saturated rings. The molecule has 0 aliphatic carbocycles. The van der Waals surface area contributed by atoms with Gasteiger partial charge >= 0.3 is 0 Å². The van der Waals surface area contributed by atoms with Crippen molar-refractivity contribution in [3.8, 4) is 5.75 Å². The number of nitrogens with zero attached hydrogens (tertiary/aromatic N) is 4. The maximum Gasteiger partial charge on any atom is 0.248 e. The molecule has 3 heterocycles. The van der Waals surface area contributed by atoms with Crippen LogP contribution in [0.4, 0.5) is 4.39 Å². The molecule has 0 spiro atoms. The second kappa shape index (κ2) is 9.53. The van der Waals surface area contributed by atoms with Crippen molar-refractivity contribution in [2.24, 2.45) is 0 Å². The van der Waals surface area contributed by atoms with Crippen LogP contribution in [-0.4, -0.2) is 70.8 Å². The Morgan fingerprint density at radius 3 is 2.70 bits per heavy atom. The number of carbonyl (C=O) groups excluding carboxylic acids is 1. The third kappa shape index (κ3) is 5.14. The number of hydrogen-bond acceptors (Lipinski definition) is 7. The summed E-state index contributed by atoms with van der Waals surface area (Å²) in [5.74, 6) is 1.68. The Bertz CT molecular complexity index is 836. The lowest BCUT2D eigenvalue weighted by Gasteiger charge is -2.41. The monoisotopic (exact) mass is 418 g/mol. The Morgan fingerprint density at radius 2 is 2.00 bits per heavy atom. The van der Waals surface area contributed by atoms with Crippen molar-refractivity contribution >= 4 is 5.91 Å². The predicted octanol–water partition coefficient (Wildman–Crippen LogP) is 2.04. The number of halogens is 1. The van der Waals surface area contributed by atoms with Gasteiger partial charge < -0.3 is 18.9 Å². The summed E-state index contributed by atoms with van der Waals surface area (Å²) in [6.45, 7) is 5.28. The molecule has 0 radical (unpaired) electrons. The molecular weight excluding hydrogens is 391 g/mol. The number of piperidine rings is 1. The topological polar surface area (TPSA) is 80.9 Å². The fourth-order valence-electron chi connectivity index (χ4n) is 3.90. The highest BCUT2D eigenvalue weighted by Crippen LogP contribution is 2.22. The Morgan fingerprint density at radius 1 is 1.23 bits per heavy atom. The number of aromatic nitrogens is 2. The van der Waals surface area contributed by atoms with Crippen molar-refractivity contribution in [2.45, 2.75) is 44.9 Å². The van der Waals surface area contributed by atoms with Crippen LogP contribution in [-0.2, 0) is 22.5 Å². The SMILES string of the molecule is CCc1noc(CN2CCC(N3C[C@H](COc4ccc(F)cc4)OCC3=O)CC2)n1. The van der Waals surface area contributed by atoms with Crippen molar-refractivity contribution in [1.82, 2.24) is 19.9 Å². The molecule has 2 aromatic rings. The van der Waals surface area contributed by atoms with Crippen LogP contribution in [0.25, 0.3) is 0 Å². The highest BCUT2D eigenvalue weighted by Gasteiger charge is 2.34. The van der Waals surface area contributed by atoms with E-state index in [0.29, 0.717) is 31.3 Å². The lowest BCUT2D eigenvalue weighted by molar-refractivity contribution is -0.155. The van der Waals surface area contributed by atoms with Gasteiger partial charge in [0.1, 0.15) is 30.9 Å². The van der Waals surface area contributed by atoms with E-state index in [-0.39, 0.29) is 30.5 Å². The van der Waals surface area contributed by atoms with E-state index in [9.17, 15) is 9.18 Å². The fraction of sp³-hybridized carbons (Fsp3) is 0.571. The number of hydrogen-bond donors (Lipinski definition) is 0. The molecule has 2 aliphatic heterocycles. The van der Waals surface area contributed by atoms with Gasteiger partial charge in [-0.2, -0.15) is 4.98 Å². The van der Waals surface area contributed by atoms with Crippen LogP contribution in [0, 0.1) is 5.82 Å². The molecule has 0 saturated carbocycles. The Balaban J connectivity index is 1.25. The molecule has 0 N–H and O–H groups in total. The highest BCUT2D eigenvalue weighted by atomic mass is 19.1. The second-order valence-corrected chi connectivity index (χ2v) is 7.71. The van der Waals surface area contributed by atoms with E-state index in [1.807, 2.05) is 11.8 Å². The van der Waals surface area contributed by atoms with Crippen LogP contribution in [0.3, 0.4) is 0 Å². The van der Waals surface area contributed by atoms with E-state index < -0.39 is 0 Å². The molecule has 2 saturated heterocycles. The number of morpholine rings is 1. The van der Waals surface area contributed by atoms with Gasteiger partial charge in [0.25, 0.3) is 0 Å². The molecule has 30 heavy (non-hydrogen) atoms. The van der Waals surface area contributed by atoms with E-state index in [0.717, 1.165) is 38.2 Å². The minimum Gasteiger partial charge on any atom is -0.491 e. The lowest BCUT2D eigenvalue weighted by Crippen LogP contribution is -2.55. The first kappa shape index (κ1) is 20.7. The third-order valence-electron chi connectivity index (χ3n) is 5.60. The zero-order chi connectivity index (χ0) is 20.9. The first-order valence-corrected chi connectivity index (χ1v) is 10.4. The minimum atomic E-state index is -0.302. The highest BCUT2D eigenvalue weighted by molar-refractivity contribution is 5.78. The first-order valence-electron chi connectivity index (χ1n) is 10.4. The number of aryl methyl sites for hydroxylation is 1. The summed E-state index contributed by atoms with van der Waals surface area (Å²) in [4.78, 5) is 21.0. The molecule has 1 atom stereocenters. The predicted molar refractivity (Wildman–Crippen MR) is 105 cm³/mol. The molecule has 2 aliphatic rings. The summed E-state index contributed by atoms with van der Waals surface area (Å²) < 4.78 is 29.6. The number of amides is 1. The molecule has 1 amide bonds. The standard InChI is InChI=1S/C21H27FN4O4/c1-2-19-23-20(30-24-19)12-25-9-7-16(8-10-25)26-11-18(29-14-21(26)27)13-28-17-5-3-15(22)4-6-17/h3-6,16,18H,2,7-14H2,1H3/t18-/m1/s1. The molecule has 162 valence electrons. The zero-order valence-corrected chi connectivity index (χ0v) is 17.1. The molecular formula is C21H27FN4O4. The van der Waals surface area contributed by atoms with Crippen molar-refractivity contribution in [1.29, 1.82) is 0 Å². The van der Waals surface area contributed by atoms with Crippen LogP contribution in [0.1, 0.15) is 31.5 Å². The molecule has 1 aromatic carbocycles. The Kier molecular flexibility index (Phi) is 6.59. The lowest BCUT2D eigenvalue weighted by atomic mass is 10.0. The van der Waals surface area contributed by atoms with E-state index in [2.05, 4.69) is 15.0 Å². The number of rotatable bonds is 7. The number of likely N-dealkylation sites (tertiary alicyclic amines) is 1. The summed E-state index contributed by atoms with van der Waals surface area (Å²) in [6, 6.07) is 6.09. The molecule has 4 rings (SSSR count). The van der Waals surface area contributed by atoms with Gasteiger partial charge in [0.2, 0.25) is 11.8 Å². The van der Waals surface area contributed by atoms with E-state index in [1.165, 1.54) is 12.1 Å².